The summed E-state index contributed by atoms with van der Waals surface area (Å²) in [6.07, 6.45) is 1.86. The van der Waals surface area contributed by atoms with Crippen LogP contribution >= 0.6 is 11.3 Å². The van der Waals surface area contributed by atoms with Gasteiger partial charge in [-0.3, -0.25) is 4.79 Å². The highest BCUT2D eigenvalue weighted by Gasteiger charge is 2.16. The summed E-state index contributed by atoms with van der Waals surface area (Å²) in [7, 11) is 3.14. The average molecular weight is 365 g/mol. The van der Waals surface area contributed by atoms with Crippen molar-refractivity contribution in [2.75, 3.05) is 14.2 Å². The Morgan fingerprint density at radius 2 is 1.77 bits per heavy atom. The quantitative estimate of drug-likeness (QED) is 0.556. The second kappa shape index (κ2) is 6.61. The van der Waals surface area contributed by atoms with Crippen molar-refractivity contribution in [1.29, 1.82) is 0 Å². The van der Waals surface area contributed by atoms with Gasteiger partial charge in [0.1, 0.15) is 0 Å². The molecule has 0 atom stereocenters. The van der Waals surface area contributed by atoms with Crippen LogP contribution in [0.3, 0.4) is 0 Å². The van der Waals surface area contributed by atoms with E-state index in [1.165, 1.54) is 15.7 Å². The first-order valence-electron chi connectivity index (χ1n) is 7.88. The molecule has 6 nitrogen and oxygen atoms in total. The first-order valence-corrected chi connectivity index (χ1v) is 8.70. The summed E-state index contributed by atoms with van der Waals surface area (Å²) >= 11 is 1.32. The third-order valence-electron chi connectivity index (χ3n) is 3.99. The van der Waals surface area contributed by atoms with Crippen LogP contribution < -0.4 is 19.6 Å². The van der Waals surface area contributed by atoms with Gasteiger partial charge in [0.2, 0.25) is 4.96 Å². The van der Waals surface area contributed by atoms with E-state index >= 15 is 0 Å². The van der Waals surface area contributed by atoms with Gasteiger partial charge in [-0.1, -0.05) is 41.7 Å². The van der Waals surface area contributed by atoms with Crippen LogP contribution in [0, 0.1) is 0 Å². The van der Waals surface area contributed by atoms with Crippen LogP contribution in [-0.2, 0) is 0 Å². The van der Waals surface area contributed by atoms with Gasteiger partial charge in [0, 0.05) is 5.56 Å². The number of benzene rings is 2. The van der Waals surface area contributed by atoms with Crippen molar-refractivity contribution in [2.45, 2.75) is 0 Å². The molecule has 26 heavy (non-hydrogen) atoms. The highest BCUT2D eigenvalue weighted by atomic mass is 32.1. The van der Waals surface area contributed by atoms with E-state index in [4.69, 9.17) is 9.47 Å². The second-order valence-corrected chi connectivity index (χ2v) is 6.55. The standard InChI is InChI=1S/C19H15N3O3S/c1-24-14-9-8-13(11-15(14)25-2)17-20-21-19-22(17)18(23)16(26-19)10-12-6-4-3-5-7-12/h3-11H,1-2H3/b16-10+. The van der Waals surface area contributed by atoms with Crippen molar-refractivity contribution in [2.24, 2.45) is 0 Å². The minimum Gasteiger partial charge on any atom is -0.493 e. The lowest BCUT2D eigenvalue weighted by atomic mass is 10.2. The number of aromatic nitrogens is 3. The van der Waals surface area contributed by atoms with Gasteiger partial charge in [0.15, 0.2) is 17.3 Å². The van der Waals surface area contributed by atoms with Crippen molar-refractivity contribution in [3.8, 4) is 22.9 Å². The van der Waals surface area contributed by atoms with Gasteiger partial charge in [0.05, 0.1) is 18.8 Å². The molecule has 2 aromatic carbocycles. The number of thiazole rings is 1. The molecule has 0 radical (unpaired) electrons. The SMILES string of the molecule is COc1ccc(-c2nnc3s/c(=C/c4ccccc4)c(=O)n23)cc1OC. The lowest BCUT2D eigenvalue weighted by Crippen LogP contribution is -2.23. The molecule has 0 saturated carbocycles. The zero-order chi connectivity index (χ0) is 18.1. The molecular formula is C19H15N3O3S. The first-order chi connectivity index (χ1) is 12.7. The number of ether oxygens (including phenoxy) is 2. The predicted octanol–water partition coefficient (Wildman–Crippen LogP) is 2.38. The molecule has 4 aromatic rings. The summed E-state index contributed by atoms with van der Waals surface area (Å²) in [5.41, 5.74) is 1.56. The van der Waals surface area contributed by atoms with Crippen LogP contribution in [0.1, 0.15) is 5.56 Å². The van der Waals surface area contributed by atoms with E-state index in [0.717, 1.165) is 11.1 Å². The maximum absolute atomic E-state index is 12.9. The average Bonchev–Trinajstić information content (AvgIpc) is 3.22. The molecule has 0 aliphatic carbocycles. The topological polar surface area (TPSA) is 65.7 Å². The molecule has 7 heteroatoms. The maximum atomic E-state index is 12.9. The second-order valence-electron chi connectivity index (χ2n) is 5.54. The fraction of sp³-hybridized carbons (Fsp3) is 0.105. The summed E-state index contributed by atoms with van der Waals surface area (Å²) in [4.78, 5) is 13.4. The fourth-order valence-corrected chi connectivity index (χ4v) is 3.64. The van der Waals surface area contributed by atoms with E-state index in [-0.39, 0.29) is 5.56 Å². The van der Waals surface area contributed by atoms with Crippen molar-refractivity contribution in [1.82, 2.24) is 14.6 Å². The molecule has 0 N–H and O–H groups in total. The lowest BCUT2D eigenvalue weighted by molar-refractivity contribution is 0.355. The molecule has 0 unspecified atom stereocenters. The van der Waals surface area contributed by atoms with E-state index in [2.05, 4.69) is 10.2 Å². The molecule has 130 valence electrons. The molecule has 0 spiro atoms. The number of hydrogen-bond acceptors (Lipinski definition) is 6. The van der Waals surface area contributed by atoms with Gasteiger partial charge in [-0.05, 0) is 29.8 Å². The Kier molecular flexibility index (Phi) is 4.14. The molecule has 0 saturated heterocycles. The normalized spacial score (nSPS) is 11.8. The van der Waals surface area contributed by atoms with E-state index in [1.807, 2.05) is 42.5 Å². The van der Waals surface area contributed by atoms with Crippen molar-refractivity contribution in [3.63, 3.8) is 0 Å². The van der Waals surface area contributed by atoms with E-state index < -0.39 is 0 Å². The molecule has 0 fully saturated rings. The van der Waals surface area contributed by atoms with Crippen molar-refractivity contribution in [3.05, 3.63) is 69.0 Å². The Hall–Kier alpha value is -3.19. The van der Waals surface area contributed by atoms with Crippen LogP contribution in [0.5, 0.6) is 11.5 Å². The van der Waals surface area contributed by atoms with Crippen LogP contribution in [0.2, 0.25) is 0 Å². The smallest absolute Gasteiger partial charge is 0.276 e. The van der Waals surface area contributed by atoms with Crippen LogP contribution in [0.4, 0.5) is 0 Å². The first kappa shape index (κ1) is 16.3. The maximum Gasteiger partial charge on any atom is 0.276 e. The lowest BCUT2D eigenvalue weighted by Gasteiger charge is -2.08. The number of fused-ring (bicyclic) bond motifs is 1. The van der Waals surface area contributed by atoms with Gasteiger partial charge >= 0.3 is 0 Å². The minimum absolute atomic E-state index is 0.136. The zero-order valence-corrected chi connectivity index (χ0v) is 15.0. The van der Waals surface area contributed by atoms with Crippen molar-refractivity contribution < 1.29 is 9.47 Å². The molecule has 2 aromatic heterocycles. The number of rotatable bonds is 4. The van der Waals surface area contributed by atoms with Crippen LogP contribution in [0.25, 0.3) is 22.4 Å². The Morgan fingerprint density at radius 1 is 1.00 bits per heavy atom. The Bertz CT molecular complexity index is 1180. The molecule has 4 rings (SSSR count). The molecule has 0 bridgehead atoms. The highest BCUT2D eigenvalue weighted by molar-refractivity contribution is 7.15. The Balaban J connectivity index is 1.88. The largest absolute Gasteiger partial charge is 0.493 e. The monoisotopic (exact) mass is 365 g/mol. The van der Waals surface area contributed by atoms with E-state index in [1.54, 1.807) is 26.4 Å². The third kappa shape index (κ3) is 2.72. The van der Waals surface area contributed by atoms with Crippen LogP contribution in [0.15, 0.2) is 53.3 Å². The van der Waals surface area contributed by atoms with Gasteiger partial charge in [-0.25, -0.2) is 4.40 Å². The number of methoxy groups -OCH3 is 2. The molecule has 0 aliphatic rings. The Labute approximate surface area is 153 Å². The summed E-state index contributed by atoms with van der Waals surface area (Å²) in [5.74, 6) is 1.66. The van der Waals surface area contributed by atoms with Gasteiger partial charge < -0.3 is 9.47 Å². The van der Waals surface area contributed by atoms with E-state index in [0.29, 0.717) is 26.8 Å². The van der Waals surface area contributed by atoms with Gasteiger partial charge in [0.25, 0.3) is 5.56 Å². The van der Waals surface area contributed by atoms with Gasteiger partial charge in [-0.2, -0.15) is 0 Å². The molecular weight excluding hydrogens is 350 g/mol. The predicted molar refractivity (Wildman–Crippen MR) is 101 cm³/mol. The summed E-state index contributed by atoms with van der Waals surface area (Å²) in [6, 6.07) is 15.1. The third-order valence-corrected chi connectivity index (χ3v) is 4.95. The summed E-state index contributed by atoms with van der Waals surface area (Å²) < 4.78 is 12.7. The molecule has 0 aliphatic heterocycles. The molecule has 2 heterocycles. The minimum atomic E-state index is -0.136. The number of hydrogen-bond donors (Lipinski definition) is 0. The zero-order valence-electron chi connectivity index (χ0n) is 14.2. The Morgan fingerprint density at radius 3 is 2.50 bits per heavy atom. The number of nitrogens with zero attached hydrogens (tertiary/aromatic N) is 3. The van der Waals surface area contributed by atoms with Crippen LogP contribution in [-0.4, -0.2) is 28.8 Å². The molecule has 0 amide bonds. The van der Waals surface area contributed by atoms with Gasteiger partial charge in [-0.15, -0.1) is 10.2 Å². The highest BCUT2D eigenvalue weighted by Crippen LogP contribution is 2.31. The fourth-order valence-electron chi connectivity index (χ4n) is 2.73. The van der Waals surface area contributed by atoms with E-state index in [9.17, 15) is 4.79 Å². The summed E-state index contributed by atoms with van der Waals surface area (Å²) in [5, 5.41) is 8.33. The summed E-state index contributed by atoms with van der Waals surface area (Å²) in [6.45, 7) is 0. The van der Waals surface area contributed by atoms with Crippen molar-refractivity contribution >= 4 is 22.4 Å².